The van der Waals surface area contributed by atoms with Crippen LogP contribution in [0.4, 0.5) is 0 Å². The molecule has 2 heterocycles. The van der Waals surface area contributed by atoms with E-state index in [2.05, 4.69) is 22.7 Å². The van der Waals surface area contributed by atoms with E-state index in [0.717, 1.165) is 52.9 Å². The fourth-order valence-electron chi connectivity index (χ4n) is 3.44. The van der Waals surface area contributed by atoms with E-state index >= 15 is 0 Å². The molecule has 0 atom stereocenters. The first-order valence-corrected chi connectivity index (χ1v) is 9.09. The minimum Gasteiger partial charge on any atom is -0.343 e. The Morgan fingerprint density at radius 3 is 2.85 bits per heavy atom. The molecule has 6 heteroatoms. The van der Waals surface area contributed by atoms with E-state index in [0.29, 0.717) is 6.42 Å². The zero-order chi connectivity index (χ0) is 18.5. The third-order valence-corrected chi connectivity index (χ3v) is 4.89. The first-order valence-electron chi connectivity index (χ1n) is 8.72. The molecule has 0 fully saturated rings. The molecule has 0 aliphatic carbocycles. The quantitative estimate of drug-likeness (QED) is 0.365. The topological polar surface area (TPSA) is 67.2 Å². The Kier molecular flexibility index (Phi) is 5.91. The molecule has 0 saturated heterocycles. The van der Waals surface area contributed by atoms with Crippen LogP contribution in [0, 0.1) is 0 Å². The number of nitrogens with one attached hydrogen (secondary N) is 1. The lowest BCUT2D eigenvalue weighted by atomic mass is 10.00. The normalized spacial score (nSPS) is 11.0. The van der Waals surface area contributed by atoms with E-state index in [1.807, 2.05) is 30.5 Å². The van der Waals surface area contributed by atoms with Gasteiger partial charge in [-0.15, -0.1) is 0 Å². The van der Waals surface area contributed by atoms with Crippen LogP contribution in [-0.4, -0.2) is 20.7 Å². The number of amides is 1. The summed E-state index contributed by atoms with van der Waals surface area (Å²) in [4.78, 5) is 15.4. The second-order valence-electron chi connectivity index (χ2n) is 6.38. The summed E-state index contributed by atoms with van der Waals surface area (Å²) >= 11 is 6.24. The van der Waals surface area contributed by atoms with Crippen LogP contribution >= 0.6 is 11.6 Å². The lowest BCUT2D eigenvalue weighted by Crippen LogP contribution is -2.17. The maximum atomic E-state index is 11.1. The van der Waals surface area contributed by atoms with Crippen molar-refractivity contribution < 1.29 is 10.0 Å². The third-order valence-electron chi connectivity index (χ3n) is 4.66. The summed E-state index contributed by atoms with van der Waals surface area (Å²) in [5.41, 5.74) is 6.31. The molecule has 1 aromatic carbocycles. The fraction of sp³-hybridized carbons (Fsp3) is 0.300. The first kappa shape index (κ1) is 18.4. The molecule has 0 spiro atoms. The van der Waals surface area contributed by atoms with Crippen molar-refractivity contribution in [2.45, 2.75) is 32.1 Å². The van der Waals surface area contributed by atoms with Crippen LogP contribution in [0.2, 0.25) is 5.02 Å². The molecule has 0 aliphatic heterocycles. The van der Waals surface area contributed by atoms with E-state index < -0.39 is 0 Å². The van der Waals surface area contributed by atoms with Crippen LogP contribution in [0.25, 0.3) is 22.2 Å². The van der Waals surface area contributed by atoms with E-state index in [1.54, 1.807) is 11.7 Å². The van der Waals surface area contributed by atoms with Gasteiger partial charge >= 0.3 is 0 Å². The minimum atomic E-state index is -0.335. The number of aromatic nitrogens is 2. The average molecular weight is 372 g/mol. The highest BCUT2D eigenvalue weighted by Gasteiger charge is 2.17. The molecule has 136 valence electrons. The largest absolute Gasteiger partial charge is 0.343 e. The van der Waals surface area contributed by atoms with Gasteiger partial charge in [0.2, 0.25) is 5.91 Å². The molecule has 0 aliphatic rings. The molecular weight excluding hydrogens is 350 g/mol. The number of hydrogen-bond acceptors (Lipinski definition) is 3. The van der Waals surface area contributed by atoms with Gasteiger partial charge in [0.15, 0.2) is 0 Å². The van der Waals surface area contributed by atoms with Crippen LogP contribution in [0.15, 0.2) is 42.7 Å². The van der Waals surface area contributed by atoms with Gasteiger partial charge in [-0.2, -0.15) is 0 Å². The molecule has 5 nitrogen and oxygen atoms in total. The number of benzene rings is 1. The van der Waals surface area contributed by atoms with Crippen molar-refractivity contribution in [2.24, 2.45) is 7.05 Å². The maximum absolute atomic E-state index is 11.1. The highest BCUT2D eigenvalue weighted by Crippen LogP contribution is 2.35. The number of unbranched alkanes of at least 4 members (excludes halogenated alkanes) is 2. The Morgan fingerprint density at radius 1 is 1.27 bits per heavy atom. The van der Waals surface area contributed by atoms with Crippen LogP contribution in [0.5, 0.6) is 0 Å². The Balaban J connectivity index is 1.89. The number of nitrogens with zero attached hydrogens (tertiary/aromatic N) is 2. The van der Waals surface area contributed by atoms with Crippen LogP contribution in [0.3, 0.4) is 0 Å². The Labute approximate surface area is 157 Å². The summed E-state index contributed by atoms with van der Waals surface area (Å²) in [6.07, 6.45) is 7.50. The van der Waals surface area contributed by atoms with E-state index in [9.17, 15) is 4.79 Å². The van der Waals surface area contributed by atoms with Gasteiger partial charge in [-0.1, -0.05) is 18.0 Å². The molecule has 26 heavy (non-hydrogen) atoms. The predicted molar refractivity (Wildman–Crippen MR) is 103 cm³/mol. The summed E-state index contributed by atoms with van der Waals surface area (Å²) < 4.78 is 2.19. The van der Waals surface area contributed by atoms with E-state index in [-0.39, 0.29) is 5.91 Å². The Morgan fingerprint density at radius 2 is 2.12 bits per heavy atom. The Hall–Kier alpha value is -2.37. The van der Waals surface area contributed by atoms with Gasteiger partial charge in [0.25, 0.3) is 0 Å². The Bertz CT molecular complexity index is 906. The number of aryl methyl sites for hydroxylation is 2. The summed E-state index contributed by atoms with van der Waals surface area (Å²) in [5, 5.41) is 10.4. The van der Waals surface area contributed by atoms with Crippen molar-refractivity contribution in [1.82, 2.24) is 15.0 Å². The maximum Gasteiger partial charge on any atom is 0.243 e. The summed E-state index contributed by atoms with van der Waals surface area (Å²) in [6.45, 7) is 0. The van der Waals surface area contributed by atoms with Gasteiger partial charge in [0, 0.05) is 47.4 Å². The molecule has 2 aromatic heterocycles. The number of halogens is 1. The van der Waals surface area contributed by atoms with Crippen LogP contribution in [0.1, 0.15) is 31.2 Å². The summed E-state index contributed by atoms with van der Waals surface area (Å²) in [6, 6.07) is 9.99. The van der Waals surface area contributed by atoms with Gasteiger partial charge in [0.05, 0.1) is 5.69 Å². The van der Waals surface area contributed by atoms with Crippen molar-refractivity contribution >= 4 is 28.4 Å². The number of hydroxylamine groups is 1. The second-order valence-corrected chi connectivity index (χ2v) is 6.82. The van der Waals surface area contributed by atoms with Gasteiger partial charge < -0.3 is 4.57 Å². The average Bonchev–Trinajstić information content (AvgIpc) is 2.93. The zero-order valence-electron chi connectivity index (χ0n) is 14.7. The molecule has 0 bridgehead atoms. The predicted octanol–water partition coefficient (Wildman–Crippen LogP) is 4.50. The SMILES string of the molecule is Cn1c(-c2cccnc2)c(CCCCCC(=O)NO)c2cc(Cl)ccc21. The molecular formula is C20H22ClN3O2. The van der Waals surface area contributed by atoms with Crippen molar-refractivity contribution in [2.75, 3.05) is 0 Å². The molecule has 2 N–H and O–H groups in total. The number of carbonyl (C=O) groups is 1. The van der Waals surface area contributed by atoms with E-state index in [4.69, 9.17) is 16.8 Å². The molecule has 0 radical (unpaired) electrons. The number of hydrogen-bond donors (Lipinski definition) is 2. The lowest BCUT2D eigenvalue weighted by Gasteiger charge is -2.08. The summed E-state index contributed by atoms with van der Waals surface area (Å²) in [7, 11) is 2.06. The highest BCUT2D eigenvalue weighted by molar-refractivity contribution is 6.31. The monoisotopic (exact) mass is 371 g/mol. The molecule has 0 saturated carbocycles. The van der Waals surface area contributed by atoms with Crippen LogP contribution < -0.4 is 5.48 Å². The van der Waals surface area contributed by atoms with Gasteiger partial charge in [-0.3, -0.25) is 15.0 Å². The minimum absolute atomic E-state index is 0.335. The van der Waals surface area contributed by atoms with Gasteiger partial charge in [-0.05, 0) is 55.2 Å². The second kappa shape index (κ2) is 8.34. The van der Waals surface area contributed by atoms with Crippen molar-refractivity contribution in [3.63, 3.8) is 0 Å². The lowest BCUT2D eigenvalue weighted by molar-refractivity contribution is -0.129. The molecule has 3 aromatic rings. The summed E-state index contributed by atoms with van der Waals surface area (Å²) in [5.74, 6) is -0.335. The van der Waals surface area contributed by atoms with E-state index in [1.165, 1.54) is 5.56 Å². The highest BCUT2D eigenvalue weighted by atomic mass is 35.5. The number of pyridine rings is 1. The number of fused-ring (bicyclic) bond motifs is 1. The van der Waals surface area contributed by atoms with Gasteiger partial charge in [0.1, 0.15) is 0 Å². The zero-order valence-corrected chi connectivity index (χ0v) is 15.5. The fourth-order valence-corrected chi connectivity index (χ4v) is 3.61. The molecule has 3 rings (SSSR count). The van der Waals surface area contributed by atoms with Crippen molar-refractivity contribution in [1.29, 1.82) is 0 Å². The first-order chi connectivity index (χ1) is 12.6. The van der Waals surface area contributed by atoms with Crippen LogP contribution in [-0.2, 0) is 18.3 Å². The van der Waals surface area contributed by atoms with Crippen molar-refractivity contribution in [3.05, 3.63) is 53.3 Å². The third kappa shape index (κ3) is 3.89. The van der Waals surface area contributed by atoms with Crippen molar-refractivity contribution in [3.8, 4) is 11.3 Å². The standard InChI is InChI=1S/C20H22ClN3O2/c1-24-18-10-9-15(21)12-17(18)16(7-3-2-4-8-19(25)23-26)20(24)14-6-5-11-22-13-14/h5-6,9-13,26H,2-4,7-8H2,1H3,(H,23,25). The molecule has 0 unspecified atom stereocenters. The smallest absolute Gasteiger partial charge is 0.243 e. The molecule has 1 amide bonds. The number of carbonyl (C=O) groups excluding carboxylic acids is 1. The number of rotatable bonds is 7. The van der Waals surface area contributed by atoms with Gasteiger partial charge in [-0.25, -0.2) is 5.48 Å².